The molecule has 3 aromatic rings. The zero-order valence-corrected chi connectivity index (χ0v) is 17.9. The summed E-state index contributed by atoms with van der Waals surface area (Å²) in [6, 6.07) is 16.6. The number of carbonyl (C=O) groups excluding carboxylic acids is 1. The van der Waals surface area contributed by atoms with Crippen LogP contribution in [0.1, 0.15) is 27.7 Å². The molecule has 3 aromatic carbocycles. The first-order chi connectivity index (χ1) is 15.8. The van der Waals surface area contributed by atoms with Crippen molar-refractivity contribution >= 4 is 22.4 Å². The monoisotopic (exact) mass is 455 g/mol. The molecule has 2 aliphatic rings. The zero-order chi connectivity index (χ0) is 23.2. The van der Waals surface area contributed by atoms with Gasteiger partial charge in [-0.1, -0.05) is 36.4 Å². The first kappa shape index (κ1) is 21.7. The summed E-state index contributed by atoms with van der Waals surface area (Å²) >= 11 is 0. The number of aliphatic hydroxyl groups is 1. The van der Waals surface area contributed by atoms with Gasteiger partial charge in [-0.2, -0.15) is 13.2 Å². The number of hydrogen-bond acceptors (Lipinski definition) is 4. The predicted molar refractivity (Wildman–Crippen MR) is 120 cm³/mol. The number of halogens is 3. The average Bonchev–Trinajstić information content (AvgIpc) is 2.82. The summed E-state index contributed by atoms with van der Waals surface area (Å²) in [5, 5.41) is 12.6. The van der Waals surface area contributed by atoms with Gasteiger partial charge < -0.3 is 14.9 Å². The maximum atomic E-state index is 13.1. The Morgan fingerprint density at radius 1 is 0.909 bits per heavy atom. The molecule has 8 heteroatoms. The summed E-state index contributed by atoms with van der Waals surface area (Å²) in [5.41, 5.74) is 1.26. The van der Waals surface area contributed by atoms with Crippen LogP contribution in [0.15, 0.2) is 60.7 Å². The van der Waals surface area contributed by atoms with Crippen LogP contribution in [0.4, 0.5) is 18.9 Å². The van der Waals surface area contributed by atoms with Crippen molar-refractivity contribution in [2.24, 2.45) is 0 Å². The van der Waals surface area contributed by atoms with E-state index in [4.69, 9.17) is 0 Å². The zero-order valence-electron chi connectivity index (χ0n) is 17.9. The van der Waals surface area contributed by atoms with E-state index in [1.54, 1.807) is 12.1 Å². The molecule has 33 heavy (non-hydrogen) atoms. The van der Waals surface area contributed by atoms with Gasteiger partial charge in [0.25, 0.3) is 5.91 Å². The van der Waals surface area contributed by atoms with Crippen LogP contribution in [-0.2, 0) is 6.18 Å². The summed E-state index contributed by atoms with van der Waals surface area (Å²) in [5.74, 6) is -0.186. The van der Waals surface area contributed by atoms with Crippen LogP contribution in [0, 0.1) is 0 Å². The lowest BCUT2D eigenvalue weighted by Gasteiger charge is -2.39. The summed E-state index contributed by atoms with van der Waals surface area (Å²) in [6.45, 7) is 3.48. The van der Waals surface area contributed by atoms with Crippen molar-refractivity contribution in [3.05, 3.63) is 77.4 Å². The van der Waals surface area contributed by atoms with Crippen molar-refractivity contribution in [1.82, 2.24) is 9.80 Å². The van der Waals surface area contributed by atoms with E-state index in [0.29, 0.717) is 50.5 Å². The number of nitrogens with zero attached hydrogens (tertiary/aromatic N) is 3. The highest BCUT2D eigenvalue weighted by molar-refractivity contribution is 6.10. The van der Waals surface area contributed by atoms with E-state index in [1.165, 1.54) is 17.0 Å². The number of hydrogen-bond donors (Lipinski definition) is 1. The summed E-state index contributed by atoms with van der Waals surface area (Å²) < 4.78 is 39.1. The number of benzene rings is 3. The smallest absolute Gasteiger partial charge is 0.369 e. The van der Waals surface area contributed by atoms with E-state index >= 15 is 0 Å². The van der Waals surface area contributed by atoms with Crippen LogP contribution in [0.3, 0.4) is 0 Å². The number of amides is 1. The molecule has 1 fully saturated rings. The molecule has 1 N–H and O–H groups in total. The molecule has 0 aliphatic carbocycles. The second kappa shape index (κ2) is 8.35. The Hall–Kier alpha value is -3.10. The van der Waals surface area contributed by atoms with Gasteiger partial charge in [-0.05, 0) is 29.7 Å². The molecule has 2 aliphatic heterocycles. The van der Waals surface area contributed by atoms with Gasteiger partial charge in [0.1, 0.15) is 0 Å². The van der Waals surface area contributed by atoms with Gasteiger partial charge in [-0.3, -0.25) is 9.69 Å². The molecule has 5 rings (SSSR count). The van der Waals surface area contributed by atoms with E-state index < -0.39 is 18.0 Å². The number of carbonyl (C=O) groups is 1. The molecule has 1 atom stereocenters. The van der Waals surface area contributed by atoms with E-state index in [1.807, 2.05) is 35.2 Å². The minimum Gasteiger partial charge on any atom is -0.369 e. The van der Waals surface area contributed by atoms with Gasteiger partial charge in [0.05, 0.1) is 5.56 Å². The molecule has 1 saturated heterocycles. The van der Waals surface area contributed by atoms with Gasteiger partial charge in [-0.15, -0.1) is 0 Å². The number of rotatable bonds is 4. The van der Waals surface area contributed by atoms with Gasteiger partial charge in [0.2, 0.25) is 0 Å². The molecule has 0 aromatic heterocycles. The molecule has 0 radical (unpaired) electrons. The van der Waals surface area contributed by atoms with E-state index in [0.717, 1.165) is 22.4 Å². The summed E-state index contributed by atoms with van der Waals surface area (Å²) in [7, 11) is 0. The minimum absolute atomic E-state index is 0.186. The van der Waals surface area contributed by atoms with Crippen molar-refractivity contribution in [2.75, 3.05) is 44.2 Å². The number of piperazine rings is 1. The van der Waals surface area contributed by atoms with E-state index in [2.05, 4.69) is 4.90 Å². The Labute approximate surface area is 189 Å². The molecule has 1 unspecified atom stereocenters. The fraction of sp³-hybridized carbons (Fsp3) is 0.320. The largest absolute Gasteiger partial charge is 0.416 e. The highest BCUT2D eigenvalue weighted by atomic mass is 19.4. The lowest BCUT2D eigenvalue weighted by Crippen LogP contribution is -2.50. The summed E-state index contributed by atoms with van der Waals surface area (Å²) in [4.78, 5) is 18.7. The molecule has 5 nitrogen and oxygen atoms in total. The predicted octanol–water partition coefficient (Wildman–Crippen LogP) is 4.13. The number of aliphatic hydroxyl groups excluding tert-OH is 1. The first-order valence-electron chi connectivity index (χ1n) is 11.0. The Kier molecular flexibility index (Phi) is 5.50. The molecule has 172 valence electrons. The average molecular weight is 455 g/mol. The van der Waals surface area contributed by atoms with Crippen LogP contribution >= 0.6 is 0 Å². The fourth-order valence-corrected chi connectivity index (χ4v) is 4.78. The topological polar surface area (TPSA) is 47.0 Å². The Balaban J connectivity index is 1.23. The summed E-state index contributed by atoms with van der Waals surface area (Å²) in [6.07, 6.45) is -5.36. The van der Waals surface area contributed by atoms with E-state index in [-0.39, 0.29) is 5.91 Å². The molecule has 2 heterocycles. The molecule has 1 amide bonds. The van der Waals surface area contributed by atoms with Crippen molar-refractivity contribution < 1.29 is 23.1 Å². The molecular formula is C25H24F3N3O2. The lowest BCUT2D eigenvalue weighted by atomic mass is 9.93. The molecule has 0 spiro atoms. The second-order valence-corrected chi connectivity index (χ2v) is 8.50. The van der Waals surface area contributed by atoms with Gasteiger partial charge in [-0.25, -0.2) is 0 Å². The lowest BCUT2D eigenvalue weighted by molar-refractivity contribution is -0.137. The number of anilines is 1. The van der Waals surface area contributed by atoms with Crippen LogP contribution < -0.4 is 4.90 Å². The van der Waals surface area contributed by atoms with Crippen molar-refractivity contribution in [1.29, 1.82) is 0 Å². The third-order valence-electron chi connectivity index (χ3n) is 6.57. The third kappa shape index (κ3) is 4.05. The van der Waals surface area contributed by atoms with Gasteiger partial charge >= 0.3 is 6.18 Å². The Morgan fingerprint density at radius 3 is 2.33 bits per heavy atom. The van der Waals surface area contributed by atoms with E-state index in [9.17, 15) is 23.1 Å². The third-order valence-corrected chi connectivity index (χ3v) is 6.57. The van der Waals surface area contributed by atoms with Crippen molar-refractivity contribution in [3.63, 3.8) is 0 Å². The molecule has 0 bridgehead atoms. The van der Waals surface area contributed by atoms with Gasteiger partial charge in [0.15, 0.2) is 6.23 Å². The van der Waals surface area contributed by atoms with Crippen LogP contribution in [0.2, 0.25) is 0 Å². The standard InChI is InChI=1S/C25H24F3N3O2/c26-25(27,28)18-6-3-7-19(16-18)30-13-10-29(11-14-30)12-15-31-23(32)20-8-1-4-17-5-2-9-21(22(17)20)24(31)33/h1-9,16,23,32H,10-15H2. The van der Waals surface area contributed by atoms with Gasteiger partial charge in [0, 0.05) is 61.5 Å². The SMILES string of the molecule is O=C1c2cccc3cccc(c23)C(O)N1CCN1CCN(c2cccc(C(F)(F)F)c2)CC1. The Bertz CT molecular complexity index is 1180. The first-order valence-corrected chi connectivity index (χ1v) is 11.0. The van der Waals surface area contributed by atoms with Crippen LogP contribution in [0.25, 0.3) is 10.8 Å². The molecule has 0 saturated carbocycles. The normalized spacial score (nSPS) is 19.4. The maximum Gasteiger partial charge on any atom is 0.416 e. The van der Waals surface area contributed by atoms with Crippen molar-refractivity contribution in [2.45, 2.75) is 12.4 Å². The van der Waals surface area contributed by atoms with Crippen LogP contribution in [0.5, 0.6) is 0 Å². The van der Waals surface area contributed by atoms with Crippen LogP contribution in [-0.4, -0.2) is 60.1 Å². The highest BCUT2D eigenvalue weighted by Gasteiger charge is 2.33. The number of alkyl halides is 3. The quantitative estimate of drug-likeness (QED) is 0.643. The maximum absolute atomic E-state index is 13.1. The fourth-order valence-electron chi connectivity index (χ4n) is 4.78. The molecular weight excluding hydrogens is 431 g/mol. The Morgan fingerprint density at radius 2 is 1.61 bits per heavy atom. The highest BCUT2D eigenvalue weighted by Crippen LogP contribution is 2.35. The minimum atomic E-state index is -4.36. The second-order valence-electron chi connectivity index (χ2n) is 8.50. The van der Waals surface area contributed by atoms with Crippen molar-refractivity contribution in [3.8, 4) is 0 Å².